The van der Waals surface area contributed by atoms with Crippen LogP contribution in [0.3, 0.4) is 0 Å². The number of carbonyl (C=O) groups excluding carboxylic acids is 2. The Morgan fingerprint density at radius 2 is 1.62 bits per heavy atom. The molecule has 0 bridgehead atoms. The third-order valence-corrected chi connectivity index (χ3v) is 5.00. The van der Waals surface area contributed by atoms with Crippen molar-refractivity contribution in [3.63, 3.8) is 0 Å². The molecule has 2 aromatic rings. The normalized spacial score (nSPS) is 13.1. The summed E-state index contributed by atoms with van der Waals surface area (Å²) in [5, 5.41) is 13.7. The van der Waals surface area contributed by atoms with E-state index in [2.05, 4.69) is 22.8 Å². The second-order valence-electron chi connectivity index (χ2n) is 6.87. The molecule has 1 aliphatic rings. The molecule has 7 nitrogen and oxygen atoms in total. The van der Waals surface area contributed by atoms with E-state index in [0.717, 1.165) is 22.3 Å². The molecule has 3 rings (SSSR count). The molecule has 7 heteroatoms. The Morgan fingerprint density at radius 3 is 2.17 bits per heavy atom. The largest absolute Gasteiger partial charge is 0.481 e. The molecule has 0 aliphatic heterocycles. The van der Waals surface area contributed by atoms with Gasteiger partial charge in [0.05, 0.1) is 6.42 Å². The molecule has 3 N–H and O–H groups in total. The molecule has 29 heavy (non-hydrogen) atoms. The third-order valence-electron chi connectivity index (χ3n) is 5.00. The van der Waals surface area contributed by atoms with Gasteiger partial charge in [0.15, 0.2) is 0 Å². The van der Waals surface area contributed by atoms with Gasteiger partial charge in [-0.1, -0.05) is 55.5 Å². The fraction of sp³-hybridized carbons (Fsp3) is 0.318. The maximum atomic E-state index is 12.3. The van der Waals surface area contributed by atoms with Crippen LogP contribution < -0.4 is 10.6 Å². The van der Waals surface area contributed by atoms with Crippen molar-refractivity contribution >= 4 is 18.0 Å². The van der Waals surface area contributed by atoms with E-state index in [1.165, 1.54) is 0 Å². The topological polar surface area (TPSA) is 105 Å². The first kappa shape index (κ1) is 20.4. The van der Waals surface area contributed by atoms with Gasteiger partial charge < -0.3 is 20.5 Å². The van der Waals surface area contributed by atoms with E-state index in [1.807, 2.05) is 36.4 Å². The van der Waals surface area contributed by atoms with E-state index >= 15 is 0 Å². The number of amides is 2. The van der Waals surface area contributed by atoms with E-state index in [9.17, 15) is 14.4 Å². The van der Waals surface area contributed by atoms with Gasteiger partial charge in [0.2, 0.25) is 5.91 Å². The lowest BCUT2D eigenvalue weighted by atomic mass is 9.98. The van der Waals surface area contributed by atoms with Crippen molar-refractivity contribution in [3.8, 4) is 11.1 Å². The zero-order valence-electron chi connectivity index (χ0n) is 16.2. The number of ether oxygens (including phenoxy) is 1. The summed E-state index contributed by atoms with van der Waals surface area (Å²) in [6.45, 7) is 1.93. The lowest BCUT2D eigenvalue weighted by Crippen LogP contribution is -2.47. The maximum absolute atomic E-state index is 12.3. The molecule has 0 radical (unpaired) electrons. The van der Waals surface area contributed by atoms with Crippen LogP contribution in [0.25, 0.3) is 11.1 Å². The summed E-state index contributed by atoms with van der Waals surface area (Å²) in [6.07, 6.45) is -0.483. The van der Waals surface area contributed by atoms with Gasteiger partial charge in [-0.15, -0.1) is 0 Å². The summed E-state index contributed by atoms with van der Waals surface area (Å²) in [6, 6.07) is 15.3. The van der Waals surface area contributed by atoms with E-state index in [4.69, 9.17) is 9.84 Å². The summed E-state index contributed by atoms with van der Waals surface area (Å²) in [7, 11) is 0. The number of hydrogen-bond donors (Lipinski definition) is 3. The fourth-order valence-corrected chi connectivity index (χ4v) is 3.55. The molecular formula is C22H24N2O5. The van der Waals surface area contributed by atoms with Gasteiger partial charge in [0, 0.05) is 12.5 Å². The number of hydrogen-bond acceptors (Lipinski definition) is 4. The quantitative estimate of drug-likeness (QED) is 0.636. The van der Waals surface area contributed by atoms with Crippen LogP contribution in [-0.4, -0.2) is 42.3 Å². The average molecular weight is 396 g/mol. The van der Waals surface area contributed by atoms with Crippen LogP contribution in [-0.2, 0) is 14.3 Å². The zero-order chi connectivity index (χ0) is 20.8. The molecule has 2 amide bonds. The van der Waals surface area contributed by atoms with Crippen molar-refractivity contribution in [2.45, 2.75) is 31.7 Å². The van der Waals surface area contributed by atoms with Crippen LogP contribution in [0.2, 0.25) is 0 Å². The summed E-state index contributed by atoms with van der Waals surface area (Å²) in [4.78, 5) is 34.9. The number of carboxylic acid groups (broad SMARTS) is 1. The van der Waals surface area contributed by atoms with Crippen molar-refractivity contribution < 1.29 is 24.2 Å². The molecule has 2 aromatic carbocycles. The number of fused-ring (bicyclic) bond motifs is 3. The zero-order valence-corrected chi connectivity index (χ0v) is 16.2. The lowest BCUT2D eigenvalue weighted by molar-refractivity contribution is -0.137. The molecule has 0 aromatic heterocycles. The standard InChI is InChI=1S/C22H24N2O5/c1-2-19(21(27)23-12-11-20(25)26)24-22(28)29-13-18-16-9-5-3-7-14(16)15-8-4-6-10-17(15)18/h3-10,18-19H,2,11-13H2,1H3,(H,23,27)(H,24,28)(H,25,26). The Hall–Kier alpha value is -3.35. The van der Waals surface area contributed by atoms with E-state index < -0.39 is 24.0 Å². The first-order valence-electron chi connectivity index (χ1n) is 9.62. The van der Waals surface area contributed by atoms with Gasteiger partial charge >= 0.3 is 12.1 Å². The predicted octanol–water partition coefficient (Wildman–Crippen LogP) is 2.89. The smallest absolute Gasteiger partial charge is 0.407 e. The van der Waals surface area contributed by atoms with Crippen LogP contribution in [0.15, 0.2) is 48.5 Å². The van der Waals surface area contributed by atoms with Gasteiger partial charge in [-0.05, 0) is 28.7 Å². The van der Waals surface area contributed by atoms with Crippen molar-refractivity contribution in [2.75, 3.05) is 13.2 Å². The summed E-state index contributed by atoms with van der Waals surface area (Å²) in [5.74, 6) is -1.48. The van der Waals surface area contributed by atoms with Crippen LogP contribution in [0.5, 0.6) is 0 Å². The highest BCUT2D eigenvalue weighted by atomic mass is 16.5. The molecule has 0 saturated heterocycles. The van der Waals surface area contributed by atoms with Crippen molar-refractivity contribution in [1.29, 1.82) is 0 Å². The predicted molar refractivity (Wildman–Crippen MR) is 108 cm³/mol. The SMILES string of the molecule is CCC(NC(=O)OCC1c2ccccc2-c2ccccc21)C(=O)NCCC(=O)O. The molecule has 0 saturated carbocycles. The molecule has 1 atom stereocenters. The first-order valence-corrected chi connectivity index (χ1v) is 9.62. The summed E-state index contributed by atoms with van der Waals surface area (Å²) >= 11 is 0. The lowest BCUT2D eigenvalue weighted by Gasteiger charge is -2.18. The minimum Gasteiger partial charge on any atom is -0.481 e. The number of rotatable bonds is 8. The maximum Gasteiger partial charge on any atom is 0.407 e. The minimum absolute atomic E-state index is 0.0109. The Labute approximate surface area is 169 Å². The van der Waals surface area contributed by atoms with Crippen LogP contribution in [0.4, 0.5) is 4.79 Å². The van der Waals surface area contributed by atoms with Gasteiger partial charge in [-0.3, -0.25) is 9.59 Å². The Balaban J connectivity index is 1.59. The number of carbonyl (C=O) groups is 3. The minimum atomic E-state index is -0.997. The van der Waals surface area contributed by atoms with Crippen LogP contribution in [0, 0.1) is 0 Å². The number of carboxylic acids is 1. The molecule has 0 fully saturated rings. The monoisotopic (exact) mass is 396 g/mol. The second kappa shape index (κ2) is 9.23. The molecule has 1 aliphatic carbocycles. The number of nitrogens with one attached hydrogen (secondary N) is 2. The van der Waals surface area contributed by atoms with Crippen molar-refractivity contribution in [3.05, 3.63) is 59.7 Å². The van der Waals surface area contributed by atoms with Crippen molar-refractivity contribution in [2.24, 2.45) is 0 Å². The first-order chi connectivity index (χ1) is 14.0. The van der Waals surface area contributed by atoms with E-state index in [1.54, 1.807) is 6.92 Å². The summed E-state index contributed by atoms with van der Waals surface area (Å²) in [5.41, 5.74) is 4.50. The highest BCUT2D eigenvalue weighted by Gasteiger charge is 2.29. The third kappa shape index (κ3) is 4.74. The molecule has 0 spiro atoms. The Kier molecular flexibility index (Phi) is 6.49. The van der Waals surface area contributed by atoms with Gasteiger partial charge in [-0.25, -0.2) is 4.79 Å². The van der Waals surface area contributed by atoms with Gasteiger partial charge in [0.1, 0.15) is 12.6 Å². The highest BCUT2D eigenvalue weighted by Crippen LogP contribution is 2.44. The molecule has 152 valence electrons. The van der Waals surface area contributed by atoms with Gasteiger partial charge in [-0.2, -0.15) is 0 Å². The second-order valence-corrected chi connectivity index (χ2v) is 6.87. The van der Waals surface area contributed by atoms with Crippen LogP contribution >= 0.6 is 0 Å². The Bertz CT molecular complexity index is 866. The summed E-state index contributed by atoms with van der Waals surface area (Å²) < 4.78 is 5.44. The Morgan fingerprint density at radius 1 is 1.03 bits per heavy atom. The molecule has 1 unspecified atom stereocenters. The van der Waals surface area contributed by atoms with Gasteiger partial charge in [0.25, 0.3) is 0 Å². The number of aliphatic carboxylic acids is 1. The number of benzene rings is 2. The highest BCUT2D eigenvalue weighted by molar-refractivity contribution is 5.86. The molecule has 0 heterocycles. The number of alkyl carbamates (subject to hydrolysis) is 1. The van der Waals surface area contributed by atoms with Crippen molar-refractivity contribution in [1.82, 2.24) is 10.6 Å². The molecular weight excluding hydrogens is 372 g/mol. The van der Waals surface area contributed by atoms with Crippen LogP contribution in [0.1, 0.15) is 36.8 Å². The fourth-order valence-electron chi connectivity index (χ4n) is 3.55. The van der Waals surface area contributed by atoms with E-state index in [0.29, 0.717) is 6.42 Å². The van der Waals surface area contributed by atoms with E-state index in [-0.39, 0.29) is 25.5 Å². The average Bonchev–Trinajstić information content (AvgIpc) is 3.04.